The maximum Gasteiger partial charge on any atom is 0.524 e. The summed E-state index contributed by atoms with van der Waals surface area (Å²) in [6, 6.07) is 77.0. The number of unbranched alkanes of at least 4 members (excludes halogenated alkanes) is 9. The van der Waals surface area contributed by atoms with Gasteiger partial charge in [-0.05, 0) is 316 Å². The molecule has 16 rings (SSSR count). The van der Waals surface area contributed by atoms with E-state index < -0.39 is 0 Å². The highest BCUT2D eigenvalue weighted by atomic mass is 35.5. The lowest BCUT2D eigenvalue weighted by atomic mass is 10.2. The molecule has 3 aliphatic rings. The number of hydrogen-bond acceptors (Lipinski definition) is 20. The van der Waals surface area contributed by atoms with E-state index >= 15 is 0 Å². The molecule has 738 valence electrons. The molecular weight excluding hydrogens is 1850 g/mol. The number of amides is 2. The van der Waals surface area contributed by atoms with Crippen molar-refractivity contribution in [3.05, 3.63) is 327 Å². The van der Waals surface area contributed by atoms with Crippen LogP contribution < -0.4 is 69.8 Å². The minimum Gasteiger partial charge on any atom is -0.497 e. The van der Waals surface area contributed by atoms with Crippen molar-refractivity contribution < 1.29 is 61.2 Å². The molecular formula is C108H127Cl2N30O4+9. The number of carbonyl (C=O) groups excluding carboxylic acids is 2. The number of hydrogen-bond donors (Lipinski definition) is 9. The van der Waals surface area contributed by atoms with Gasteiger partial charge in [0.15, 0.2) is 0 Å². The Morgan fingerprint density at radius 2 is 0.500 bits per heavy atom. The first-order valence-electron chi connectivity index (χ1n) is 48.3. The van der Waals surface area contributed by atoms with Crippen molar-refractivity contribution in [2.24, 2.45) is 82.5 Å². The predicted octanol–water partition coefficient (Wildman–Crippen LogP) is 21.5. The van der Waals surface area contributed by atoms with Crippen molar-refractivity contribution in [3.8, 4) is 11.5 Å². The van der Waals surface area contributed by atoms with Gasteiger partial charge in [0.25, 0.3) is 0 Å². The van der Waals surface area contributed by atoms with Crippen LogP contribution in [0.25, 0.3) is 0 Å². The molecule has 3 atom stereocenters. The van der Waals surface area contributed by atoms with Crippen LogP contribution in [0.2, 0.25) is 10.0 Å². The van der Waals surface area contributed by atoms with Crippen LogP contribution >= 0.6 is 23.2 Å². The summed E-state index contributed by atoms with van der Waals surface area (Å²) in [7, 11) is 15.3. The van der Waals surface area contributed by atoms with Gasteiger partial charge >= 0.3 is 35.7 Å². The maximum atomic E-state index is 11.3. The third-order valence-corrected chi connectivity index (χ3v) is 24.2. The topological polar surface area (TPSA) is 322 Å². The summed E-state index contributed by atoms with van der Waals surface area (Å²) in [5.41, 5.74) is 13.9. The van der Waals surface area contributed by atoms with Crippen LogP contribution in [0.1, 0.15) is 90.9 Å². The minimum absolute atomic E-state index is 0.0943. The molecule has 36 heteroatoms. The van der Waals surface area contributed by atoms with Crippen molar-refractivity contribution in [2.75, 3.05) is 86.9 Å². The van der Waals surface area contributed by atoms with Crippen LogP contribution in [0, 0.1) is 0 Å². The Morgan fingerprint density at radius 1 is 0.285 bits per heavy atom. The lowest BCUT2D eigenvalue weighted by Crippen LogP contribution is -3.09. The Morgan fingerprint density at radius 3 is 0.743 bits per heavy atom. The highest BCUT2D eigenvalue weighted by molar-refractivity contribution is 6.31. The molecule has 0 aliphatic carbocycles. The Labute approximate surface area is 850 Å². The van der Waals surface area contributed by atoms with E-state index in [2.05, 4.69) is 150 Å². The molecule has 3 aliphatic heterocycles. The first kappa shape index (κ1) is 104. The van der Waals surface area contributed by atoms with E-state index in [1.54, 1.807) is 14.2 Å². The Kier molecular flexibility index (Phi) is 38.5. The van der Waals surface area contributed by atoms with Gasteiger partial charge in [0, 0.05) is 96.1 Å². The molecule has 34 nitrogen and oxygen atoms in total. The van der Waals surface area contributed by atoms with E-state index in [-0.39, 0.29) is 11.8 Å². The van der Waals surface area contributed by atoms with E-state index in [9.17, 15) is 9.59 Å². The first-order chi connectivity index (χ1) is 70.1. The number of carbonyl (C=O) groups is 2. The number of aromatic nitrogens is 6. The van der Waals surface area contributed by atoms with Gasteiger partial charge in [-0.3, -0.25) is 9.59 Å². The molecule has 0 spiro atoms. The Bertz CT molecular complexity index is 6790. The van der Waals surface area contributed by atoms with Gasteiger partial charge in [-0.2, -0.15) is 28.4 Å². The molecule has 3 unspecified atom stereocenters. The van der Waals surface area contributed by atoms with E-state index in [0.717, 1.165) is 255 Å². The number of nitrogens with zero attached hydrogens (tertiary/aromatic N) is 21. The second-order valence-corrected chi connectivity index (χ2v) is 35.7. The van der Waals surface area contributed by atoms with Crippen LogP contribution in [0.15, 0.2) is 378 Å². The summed E-state index contributed by atoms with van der Waals surface area (Å²) >= 11 is 11.9. The van der Waals surface area contributed by atoms with Gasteiger partial charge in [0.05, 0.1) is 133 Å². The van der Waals surface area contributed by atoms with Crippen molar-refractivity contribution >= 4 is 162 Å². The zero-order valence-electron chi connectivity index (χ0n) is 83.0. The fourth-order valence-electron chi connectivity index (χ4n) is 15.8. The maximum absolute atomic E-state index is 11.3. The number of rotatable bonds is 42. The summed E-state index contributed by atoms with van der Waals surface area (Å²) in [5.74, 6) is 6.59. The Balaban J connectivity index is 0.000000175. The summed E-state index contributed by atoms with van der Waals surface area (Å²) in [6.07, 6.45) is 38.0. The molecule has 3 aromatic heterocycles. The molecule has 10 aromatic carbocycles. The molecule has 6 heterocycles. The summed E-state index contributed by atoms with van der Waals surface area (Å²) in [6.45, 7) is 8.53. The zero-order chi connectivity index (χ0) is 101. The fourth-order valence-corrected chi connectivity index (χ4v) is 16.1. The fraction of sp³-hybridized carbons (Fsp3) is 0.259. The van der Waals surface area contributed by atoms with Crippen LogP contribution in [-0.4, -0.2) is 112 Å². The van der Waals surface area contributed by atoms with E-state index in [1.807, 2.05) is 343 Å². The van der Waals surface area contributed by atoms with Crippen LogP contribution in [0.4, 0.5) is 109 Å². The molecule has 0 saturated carbocycles. The average Bonchev–Trinajstić information content (AvgIpc) is 1.70. The molecule has 0 saturated heterocycles. The molecule has 13 aromatic rings. The van der Waals surface area contributed by atoms with Gasteiger partial charge in [-0.25, -0.2) is 27.4 Å². The normalized spacial score (nSPS) is 14.4. The quantitative estimate of drug-likeness (QED) is 0.0100. The minimum atomic E-state index is -0.0951. The average molecular weight is 1980 g/mol. The van der Waals surface area contributed by atoms with E-state index in [1.165, 1.54) is 28.5 Å². The number of nitrogens with one attached hydrogen (secondary N) is 9. The van der Waals surface area contributed by atoms with Gasteiger partial charge in [0.2, 0.25) is 11.8 Å². The number of ether oxygens (including phenoxy) is 2. The molecule has 0 fully saturated rings. The van der Waals surface area contributed by atoms with Crippen molar-refractivity contribution in [1.29, 1.82) is 0 Å². The molecule has 2 amide bonds. The molecule has 0 radical (unpaired) electrons. The molecule has 0 bridgehead atoms. The molecule has 9 N–H and O–H groups in total. The first-order valence-corrected chi connectivity index (χ1v) is 49.0. The van der Waals surface area contributed by atoms with Crippen LogP contribution in [0.3, 0.4) is 0 Å². The smallest absolute Gasteiger partial charge is 0.497 e. The number of guanidine groups is 3. The Hall–Kier alpha value is -16.1. The van der Waals surface area contributed by atoms with Crippen molar-refractivity contribution in [1.82, 2.24) is 13.7 Å². The summed E-state index contributed by atoms with van der Waals surface area (Å²) in [5, 5.41) is 74.6. The third kappa shape index (κ3) is 32.2. The highest BCUT2D eigenvalue weighted by Crippen LogP contribution is 2.31. The number of halogens is 2. The summed E-state index contributed by atoms with van der Waals surface area (Å²) < 4.78 is 29.0. The van der Waals surface area contributed by atoms with E-state index in [0.29, 0.717) is 10.0 Å². The number of azo groups is 6. The monoisotopic (exact) mass is 1980 g/mol. The third-order valence-electron chi connectivity index (χ3n) is 23.7. The standard InChI is InChI=1S/C42H46N12O2.C40H44N10O2.C26H30Cl2N8/c1-31(55)43-33-9-13-35(14-10-33)45-37-17-21-39(22-18-37)47-49-41-51(3)27-29-53(41)25-7-5-6-8-26-54-30-28-52(4)42(54)50-48-40-23-19-38(20-24-40)46-36-15-11-34(12-16-36)44-32(2)56;1-47-27-29-49(39(47)45-43-35-13-9-31(10-14-35)41-33-17-21-37(51-3)22-18-33)25-7-5-6-8-26-50-30-28-48(2)40(50)46-44-36-15-11-32(12-16-36)42-34-19-23-38(52-4)24-20-34;1-33-17-19-35(25(33)31-29-23-11-7-21(27)8-12-23)15-5-3-4-6-16-36-20-18-34(2)26(36)32-30-24-13-9-22(28)10-14-24/h9-24,27-30H,5-8,25-26H2,1-4H3,(H2,43,44,47,48,55,56);9-24,27-30H,5-8,25-26H2,1-4H3;7-14,17-20H,3-6,15-16H2,1-2H3/q;;+2/p+7. The van der Waals surface area contributed by atoms with Gasteiger partial charge in [-0.1, -0.05) is 57.8 Å². The van der Waals surface area contributed by atoms with Gasteiger partial charge in [-0.15, -0.1) is 0 Å². The number of aryl methyl sites for hydroxylation is 6. The largest absolute Gasteiger partial charge is 0.524 e. The van der Waals surface area contributed by atoms with Gasteiger partial charge < -0.3 is 41.4 Å². The molecule has 144 heavy (non-hydrogen) atoms. The number of benzene rings is 10. The predicted molar refractivity (Wildman–Crippen MR) is 566 cm³/mol. The van der Waals surface area contributed by atoms with E-state index in [4.69, 9.17) is 32.7 Å². The zero-order valence-corrected chi connectivity index (χ0v) is 84.5. The second-order valence-electron chi connectivity index (χ2n) is 34.8. The van der Waals surface area contributed by atoms with Crippen molar-refractivity contribution in [2.45, 2.75) is 111 Å². The van der Waals surface area contributed by atoms with Crippen LogP contribution in [0.5, 0.6) is 11.5 Å². The number of methoxy groups -OCH3 is 2. The SMILES string of the molecule is CC(=O)Nc1ccc(Nc2ccc(N=NC3=[N+](C)C=C[NH+]3CCCCCCn3cc[n+](C)c3N=Nc3ccc(Nc4ccc(NC(C)=O)cc4)cc3)cc2)cc1.COc1ccc(Nc2ccc(N=NC3=[N+](C)C=C[NH+]3CCCCCCn3cc[n+](C)c3N=Nc3ccc(Nc4ccc(OC)cc4)cc3)cc2)cc1.C[N+]1=C(N=Nc2ccc(Cl)cc2)[NH+](CCCCCCn2cc[n+](C)c2N=Nc2ccc(Cl)cc2)C=C1. The number of imidazole rings is 3. The van der Waals surface area contributed by atoms with Crippen LogP contribution in [-0.2, 0) is 50.4 Å². The lowest BCUT2D eigenvalue weighted by Gasteiger charge is -2.08. The highest BCUT2D eigenvalue weighted by Gasteiger charge is 2.34. The second kappa shape index (κ2) is 53.5. The van der Waals surface area contributed by atoms with Crippen molar-refractivity contribution in [3.63, 3.8) is 0 Å². The number of quaternary nitrogens is 3. The lowest BCUT2D eigenvalue weighted by molar-refractivity contribution is -0.760. The summed E-state index contributed by atoms with van der Waals surface area (Å²) in [4.78, 5) is 26.1. The number of anilines is 10. The van der Waals surface area contributed by atoms with Gasteiger partial charge in [0.1, 0.15) is 98.2 Å².